The molecular weight excluding hydrogens is 385 g/mol. The summed E-state index contributed by atoms with van der Waals surface area (Å²) in [6, 6.07) is 15.7. The predicted octanol–water partition coefficient (Wildman–Crippen LogP) is 3.70. The van der Waals surface area contributed by atoms with Gasteiger partial charge in [0.15, 0.2) is 0 Å². The third-order valence-corrected chi connectivity index (χ3v) is 4.51. The SMILES string of the molecule is O=C(CCCc1nc(-c2ccc(F)cc2)no1)NCc1cnn(-c2ccccc2)c1. The third kappa shape index (κ3) is 4.96. The molecule has 2 heterocycles. The number of hydrogen-bond acceptors (Lipinski definition) is 5. The maximum atomic E-state index is 13.0. The second kappa shape index (κ2) is 9.13. The van der Waals surface area contributed by atoms with E-state index >= 15 is 0 Å². The molecule has 0 fully saturated rings. The van der Waals surface area contributed by atoms with E-state index in [0.717, 1.165) is 11.3 Å². The molecule has 0 aliphatic carbocycles. The van der Waals surface area contributed by atoms with Crippen molar-refractivity contribution in [3.05, 3.63) is 84.3 Å². The van der Waals surface area contributed by atoms with Crippen molar-refractivity contribution in [1.29, 1.82) is 0 Å². The molecule has 8 heteroatoms. The summed E-state index contributed by atoms with van der Waals surface area (Å²) in [5.41, 5.74) is 2.57. The zero-order valence-electron chi connectivity index (χ0n) is 16.2. The molecule has 1 N–H and O–H groups in total. The Balaban J connectivity index is 1.21. The largest absolute Gasteiger partial charge is 0.352 e. The topological polar surface area (TPSA) is 85.8 Å². The van der Waals surface area contributed by atoms with Crippen LogP contribution in [0.4, 0.5) is 4.39 Å². The van der Waals surface area contributed by atoms with E-state index in [4.69, 9.17) is 4.52 Å². The van der Waals surface area contributed by atoms with Crippen LogP contribution in [0, 0.1) is 5.82 Å². The van der Waals surface area contributed by atoms with Gasteiger partial charge < -0.3 is 9.84 Å². The van der Waals surface area contributed by atoms with Crippen molar-refractivity contribution in [1.82, 2.24) is 25.2 Å². The van der Waals surface area contributed by atoms with Gasteiger partial charge in [-0.05, 0) is 42.8 Å². The van der Waals surface area contributed by atoms with Crippen molar-refractivity contribution in [3.63, 3.8) is 0 Å². The van der Waals surface area contributed by atoms with Crippen molar-refractivity contribution >= 4 is 5.91 Å². The summed E-state index contributed by atoms with van der Waals surface area (Å²) in [4.78, 5) is 16.4. The maximum absolute atomic E-state index is 13.0. The van der Waals surface area contributed by atoms with E-state index in [-0.39, 0.29) is 11.7 Å². The fourth-order valence-corrected chi connectivity index (χ4v) is 2.94. The van der Waals surface area contributed by atoms with Crippen LogP contribution in [-0.4, -0.2) is 25.8 Å². The van der Waals surface area contributed by atoms with Gasteiger partial charge in [0.05, 0.1) is 11.9 Å². The summed E-state index contributed by atoms with van der Waals surface area (Å²) in [6.07, 6.45) is 5.06. The normalized spacial score (nSPS) is 10.8. The van der Waals surface area contributed by atoms with Crippen LogP contribution in [0.5, 0.6) is 0 Å². The lowest BCUT2D eigenvalue weighted by atomic mass is 10.2. The molecule has 30 heavy (non-hydrogen) atoms. The molecule has 1 amide bonds. The Labute approximate surface area is 172 Å². The molecule has 0 radical (unpaired) electrons. The number of para-hydroxylation sites is 1. The highest BCUT2D eigenvalue weighted by Crippen LogP contribution is 2.17. The van der Waals surface area contributed by atoms with E-state index in [2.05, 4.69) is 20.6 Å². The van der Waals surface area contributed by atoms with Gasteiger partial charge in [-0.25, -0.2) is 9.07 Å². The van der Waals surface area contributed by atoms with Crippen LogP contribution in [0.2, 0.25) is 0 Å². The fraction of sp³-hybridized carbons (Fsp3) is 0.182. The van der Waals surface area contributed by atoms with Crippen LogP contribution >= 0.6 is 0 Å². The van der Waals surface area contributed by atoms with Crippen LogP contribution in [-0.2, 0) is 17.8 Å². The highest BCUT2D eigenvalue weighted by Gasteiger charge is 2.10. The molecule has 152 valence electrons. The first kappa shape index (κ1) is 19.5. The highest BCUT2D eigenvalue weighted by atomic mass is 19.1. The number of benzene rings is 2. The van der Waals surface area contributed by atoms with Gasteiger partial charge in [0, 0.05) is 36.7 Å². The molecule has 0 atom stereocenters. The Kier molecular flexibility index (Phi) is 5.93. The number of nitrogens with one attached hydrogen (secondary N) is 1. The van der Waals surface area contributed by atoms with Gasteiger partial charge in [0.25, 0.3) is 0 Å². The van der Waals surface area contributed by atoms with Crippen molar-refractivity contribution in [2.24, 2.45) is 0 Å². The number of hydrogen-bond donors (Lipinski definition) is 1. The van der Waals surface area contributed by atoms with Crippen molar-refractivity contribution in [2.75, 3.05) is 0 Å². The molecule has 0 spiro atoms. The summed E-state index contributed by atoms with van der Waals surface area (Å²) in [5, 5.41) is 11.1. The van der Waals surface area contributed by atoms with E-state index in [1.54, 1.807) is 23.0 Å². The van der Waals surface area contributed by atoms with Gasteiger partial charge in [-0.1, -0.05) is 23.4 Å². The summed E-state index contributed by atoms with van der Waals surface area (Å²) in [6.45, 7) is 0.418. The van der Waals surface area contributed by atoms with Crippen LogP contribution in [0.3, 0.4) is 0 Å². The van der Waals surface area contributed by atoms with E-state index in [9.17, 15) is 9.18 Å². The average Bonchev–Trinajstić information content (AvgIpc) is 3.43. The molecule has 0 unspecified atom stereocenters. The predicted molar refractivity (Wildman–Crippen MR) is 108 cm³/mol. The zero-order valence-corrected chi connectivity index (χ0v) is 16.2. The Morgan fingerprint density at radius 2 is 1.90 bits per heavy atom. The van der Waals surface area contributed by atoms with Gasteiger partial charge in [-0.15, -0.1) is 0 Å². The Morgan fingerprint density at radius 3 is 2.70 bits per heavy atom. The van der Waals surface area contributed by atoms with E-state index < -0.39 is 0 Å². The van der Waals surface area contributed by atoms with Crippen LogP contribution < -0.4 is 5.32 Å². The number of rotatable bonds is 8. The number of halogens is 1. The molecule has 2 aromatic heterocycles. The first-order valence-electron chi connectivity index (χ1n) is 9.61. The van der Waals surface area contributed by atoms with Crippen LogP contribution in [0.1, 0.15) is 24.3 Å². The summed E-state index contributed by atoms with van der Waals surface area (Å²) < 4.78 is 20.0. The summed E-state index contributed by atoms with van der Waals surface area (Å²) in [7, 11) is 0. The fourth-order valence-electron chi connectivity index (χ4n) is 2.94. The lowest BCUT2D eigenvalue weighted by molar-refractivity contribution is -0.121. The molecule has 2 aromatic carbocycles. The molecule has 0 bridgehead atoms. The standard InChI is InChI=1S/C22H20FN5O2/c23-18-11-9-17(10-12-18)22-26-21(30-27-22)8-4-7-20(29)24-13-16-14-25-28(15-16)19-5-2-1-3-6-19/h1-3,5-6,9-12,14-15H,4,7-8,13H2,(H,24,29). The van der Waals surface area contributed by atoms with Crippen LogP contribution in [0.25, 0.3) is 17.1 Å². The number of carbonyl (C=O) groups excluding carboxylic acids is 1. The minimum absolute atomic E-state index is 0.0549. The molecule has 0 saturated heterocycles. The monoisotopic (exact) mass is 405 g/mol. The number of nitrogens with zero attached hydrogens (tertiary/aromatic N) is 4. The quantitative estimate of drug-likeness (QED) is 0.483. The first-order chi connectivity index (χ1) is 14.7. The van der Waals surface area contributed by atoms with Gasteiger partial charge in [-0.3, -0.25) is 4.79 Å². The Morgan fingerprint density at radius 1 is 1.10 bits per heavy atom. The smallest absolute Gasteiger partial charge is 0.226 e. The van der Waals surface area contributed by atoms with Crippen molar-refractivity contribution in [3.8, 4) is 17.1 Å². The van der Waals surface area contributed by atoms with Crippen LogP contribution in [0.15, 0.2) is 71.5 Å². The van der Waals surface area contributed by atoms with Gasteiger partial charge in [0.1, 0.15) is 5.82 Å². The molecule has 0 saturated carbocycles. The molecule has 0 aliphatic rings. The second-order valence-corrected chi connectivity index (χ2v) is 6.78. The van der Waals surface area contributed by atoms with Gasteiger partial charge in [-0.2, -0.15) is 10.1 Å². The Hall–Kier alpha value is -3.81. The van der Waals surface area contributed by atoms with E-state index in [1.165, 1.54) is 12.1 Å². The van der Waals surface area contributed by atoms with E-state index in [0.29, 0.717) is 43.1 Å². The third-order valence-electron chi connectivity index (χ3n) is 4.51. The second-order valence-electron chi connectivity index (χ2n) is 6.78. The minimum Gasteiger partial charge on any atom is -0.352 e. The maximum Gasteiger partial charge on any atom is 0.226 e. The number of aryl methyl sites for hydroxylation is 1. The molecule has 4 rings (SSSR count). The molecular formula is C22H20FN5O2. The number of amides is 1. The van der Waals surface area contributed by atoms with Gasteiger partial charge >= 0.3 is 0 Å². The lowest BCUT2D eigenvalue weighted by Crippen LogP contribution is -2.22. The Bertz CT molecular complexity index is 1110. The molecule has 0 aliphatic heterocycles. The average molecular weight is 405 g/mol. The summed E-state index contributed by atoms with van der Waals surface area (Å²) in [5.74, 6) is 0.484. The lowest BCUT2D eigenvalue weighted by Gasteiger charge is -2.03. The minimum atomic E-state index is -0.319. The van der Waals surface area contributed by atoms with Gasteiger partial charge in [0.2, 0.25) is 17.6 Å². The summed E-state index contributed by atoms with van der Waals surface area (Å²) >= 11 is 0. The van der Waals surface area contributed by atoms with Crippen molar-refractivity contribution in [2.45, 2.75) is 25.8 Å². The zero-order chi connectivity index (χ0) is 20.8. The van der Waals surface area contributed by atoms with Crippen molar-refractivity contribution < 1.29 is 13.7 Å². The molecule has 7 nitrogen and oxygen atoms in total. The molecule has 4 aromatic rings. The number of carbonyl (C=O) groups is 1. The van der Waals surface area contributed by atoms with E-state index in [1.807, 2.05) is 36.5 Å². The highest BCUT2D eigenvalue weighted by molar-refractivity contribution is 5.75. The first-order valence-corrected chi connectivity index (χ1v) is 9.61. The number of aromatic nitrogens is 4.